The van der Waals surface area contributed by atoms with Crippen LogP contribution in [0.5, 0.6) is 5.75 Å². The molecular formula is C31H37ClN8O3. The Morgan fingerprint density at radius 2 is 1.88 bits per heavy atom. The van der Waals surface area contributed by atoms with E-state index in [9.17, 15) is 9.59 Å². The van der Waals surface area contributed by atoms with Crippen molar-refractivity contribution in [3.8, 4) is 5.75 Å². The highest BCUT2D eigenvalue weighted by Crippen LogP contribution is 2.35. The minimum absolute atomic E-state index is 0.0803. The van der Waals surface area contributed by atoms with Gasteiger partial charge >= 0.3 is 6.03 Å². The standard InChI is InChI=1S/C31H37ClN8O3/c1-36-12-14-37(15-13-36)24-8-9-26(27(16-24)43-2)34-30-33-18-23-20-39(19-22-6-4-3-5-7-22)31(42)40(29(23)35-30)25-10-11-38(21-25)28(41)17-32/h3-9,16,18,25H,10-15,17,19-21H2,1-2H3,(H,33,34,35)/t25-/m0/s1. The zero-order chi connectivity index (χ0) is 29.9. The van der Waals surface area contributed by atoms with Gasteiger partial charge in [-0.1, -0.05) is 30.3 Å². The molecule has 1 N–H and O–H groups in total. The molecule has 226 valence electrons. The average Bonchev–Trinajstić information content (AvgIpc) is 3.52. The van der Waals surface area contributed by atoms with E-state index in [2.05, 4.69) is 33.2 Å². The van der Waals surface area contributed by atoms with E-state index in [0.717, 1.165) is 48.7 Å². The first-order valence-corrected chi connectivity index (χ1v) is 15.2. The number of carbonyl (C=O) groups excluding carboxylic acids is 2. The number of benzene rings is 2. The third-order valence-corrected chi connectivity index (χ3v) is 8.65. The Bertz CT molecular complexity index is 1470. The molecule has 0 bridgehead atoms. The van der Waals surface area contributed by atoms with E-state index >= 15 is 0 Å². The Morgan fingerprint density at radius 3 is 2.63 bits per heavy atom. The van der Waals surface area contributed by atoms with Crippen LogP contribution in [0.15, 0.2) is 54.7 Å². The Hall–Kier alpha value is -4.09. The summed E-state index contributed by atoms with van der Waals surface area (Å²) in [5, 5.41) is 3.32. The number of hydrogen-bond acceptors (Lipinski definition) is 8. The molecule has 0 spiro atoms. The summed E-state index contributed by atoms with van der Waals surface area (Å²) in [6, 6.07) is 15.6. The number of ether oxygens (including phenoxy) is 1. The van der Waals surface area contributed by atoms with Crippen LogP contribution in [0.4, 0.5) is 27.9 Å². The first-order chi connectivity index (χ1) is 20.9. The van der Waals surface area contributed by atoms with Crippen LogP contribution in [0.25, 0.3) is 0 Å². The number of halogens is 1. The number of nitrogens with zero attached hydrogens (tertiary/aromatic N) is 7. The first kappa shape index (κ1) is 29.0. The fourth-order valence-electron chi connectivity index (χ4n) is 5.98. The second-order valence-electron chi connectivity index (χ2n) is 11.3. The third-order valence-electron chi connectivity index (χ3n) is 8.42. The Kier molecular flexibility index (Phi) is 8.53. The molecule has 2 fully saturated rings. The van der Waals surface area contributed by atoms with E-state index < -0.39 is 0 Å². The number of nitrogens with one attached hydrogen (secondary N) is 1. The van der Waals surface area contributed by atoms with Gasteiger partial charge in [-0.15, -0.1) is 11.6 Å². The zero-order valence-corrected chi connectivity index (χ0v) is 25.3. The number of carbonyl (C=O) groups is 2. The number of urea groups is 1. The van der Waals surface area contributed by atoms with Gasteiger partial charge in [0, 0.05) is 69.3 Å². The number of likely N-dealkylation sites (N-methyl/N-ethyl adjacent to an activating group) is 1. The van der Waals surface area contributed by atoms with E-state index in [1.807, 2.05) is 42.5 Å². The largest absolute Gasteiger partial charge is 0.494 e. The van der Waals surface area contributed by atoms with Gasteiger partial charge in [0.25, 0.3) is 0 Å². The first-order valence-electron chi connectivity index (χ1n) is 14.6. The third kappa shape index (κ3) is 6.18. The maximum Gasteiger partial charge on any atom is 0.326 e. The molecule has 3 aliphatic heterocycles. The van der Waals surface area contributed by atoms with Crippen molar-refractivity contribution in [3.63, 3.8) is 0 Å². The van der Waals surface area contributed by atoms with Crippen molar-refractivity contribution in [3.05, 3.63) is 65.9 Å². The summed E-state index contributed by atoms with van der Waals surface area (Å²) in [5.41, 5.74) is 3.73. The highest BCUT2D eigenvalue weighted by Gasteiger charge is 2.40. The Morgan fingerprint density at radius 1 is 1.09 bits per heavy atom. The molecule has 0 aliphatic carbocycles. The van der Waals surface area contributed by atoms with Crippen LogP contribution in [-0.2, 0) is 17.9 Å². The number of likely N-dealkylation sites (tertiary alicyclic amines) is 1. The van der Waals surface area contributed by atoms with E-state index in [1.54, 1.807) is 28.0 Å². The highest BCUT2D eigenvalue weighted by molar-refractivity contribution is 6.27. The summed E-state index contributed by atoms with van der Waals surface area (Å²) in [4.78, 5) is 45.8. The van der Waals surface area contributed by atoms with E-state index in [-0.39, 0.29) is 23.9 Å². The second-order valence-corrected chi connectivity index (χ2v) is 11.5. The predicted molar refractivity (Wildman–Crippen MR) is 167 cm³/mol. The number of anilines is 4. The lowest BCUT2D eigenvalue weighted by atomic mass is 10.1. The van der Waals surface area contributed by atoms with E-state index in [4.69, 9.17) is 21.3 Å². The van der Waals surface area contributed by atoms with Crippen molar-refractivity contribution in [2.75, 3.05) is 74.4 Å². The highest BCUT2D eigenvalue weighted by atomic mass is 35.5. The lowest BCUT2D eigenvalue weighted by Gasteiger charge is -2.39. The molecule has 6 rings (SSSR count). The van der Waals surface area contributed by atoms with Crippen LogP contribution < -0.4 is 19.9 Å². The number of fused-ring (bicyclic) bond motifs is 1. The fraction of sp³-hybridized carbons (Fsp3) is 0.419. The van der Waals surface area contributed by atoms with Crippen LogP contribution in [0.1, 0.15) is 17.5 Å². The van der Waals surface area contributed by atoms with Gasteiger partial charge in [0.05, 0.1) is 25.4 Å². The quantitative estimate of drug-likeness (QED) is 0.388. The molecule has 12 heteroatoms. The monoisotopic (exact) mass is 604 g/mol. The van der Waals surface area contributed by atoms with E-state index in [0.29, 0.717) is 50.1 Å². The molecule has 0 unspecified atom stereocenters. The molecule has 1 aromatic heterocycles. The molecule has 3 amide bonds. The molecule has 3 aromatic rings. The van der Waals surface area contributed by atoms with Crippen molar-refractivity contribution < 1.29 is 14.3 Å². The van der Waals surface area contributed by atoms with Gasteiger partial charge < -0.3 is 29.7 Å². The van der Waals surface area contributed by atoms with Gasteiger partial charge in [-0.05, 0) is 31.2 Å². The van der Waals surface area contributed by atoms with Gasteiger partial charge in [0.2, 0.25) is 11.9 Å². The number of piperazine rings is 1. The minimum atomic E-state index is -0.225. The van der Waals surface area contributed by atoms with Crippen molar-refractivity contribution in [1.29, 1.82) is 0 Å². The fourth-order valence-corrected chi connectivity index (χ4v) is 6.15. The second kappa shape index (κ2) is 12.6. The van der Waals surface area contributed by atoms with Gasteiger partial charge in [-0.2, -0.15) is 4.98 Å². The normalized spacial score (nSPS) is 19.0. The maximum atomic E-state index is 14.0. The lowest BCUT2D eigenvalue weighted by Crippen LogP contribution is -2.53. The molecule has 3 aliphatic rings. The summed E-state index contributed by atoms with van der Waals surface area (Å²) in [5.74, 6) is 1.40. The SMILES string of the molecule is COc1cc(N2CCN(C)CC2)ccc1Nc1ncc2c(n1)N([C@H]1CCN(C(=O)CCl)C1)C(=O)N(Cc1ccccc1)C2. The lowest BCUT2D eigenvalue weighted by molar-refractivity contribution is -0.127. The van der Waals surface area contributed by atoms with E-state index in [1.165, 1.54) is 0 Å². The molecule has 1 atom stereocenters. The number of rotatable bonds is 8. The molecule has 43 heavy (non-hydrogen) atoms. The van der Waals surface area contributed by atoms with Crippen LogP contribution in [-0.4, -0.2) is 102 Å². The molecule has 2 saturated heterocycles. The molecule has 0 saturated carbocycles. The van der Waals surface area contributed by atoms with Gasteiger partial charge in [0.15, 0.2) is 0 Å². The molecule has 0 radical (unpaired) electrons. The number of methoxy groups -OCH3 is 1. The van der Waals surface area contributed by atoms with Crippen molar-refractivity contribution in [1.82, 2.24) is 24.7 Å². The zero-order valence-electron chi connectivity index (χ0n) is 24.6. The number of amides is 3. The number of hydrogen-bond donors (Lipinski definition) is 1. The van der Waals surface area contributed by atoms with Crippen molar-refractivity contribution >= 4 is 46.7 Å². The van der Waals surface area contributed by atoms with Crippen molar-refractivity contribution in [2.45, 2.75) is 25.6 Å². The summed E-state index contributed by atoms with van der Waals surface area (Å²) in [6.45, 7) is 5.75. The Labute approximate surface area is 257 Å². The van der Waals surface area contributed by atoms with Crippen LogP contribution >= 0.6 is 11.6 Å². The smallest absolute Gasteiger partial charge is 0.326 e. The van der Waals surface area contributed by atoms with Gasteiger partial charge in [-0.3, -0.25) is 9.69 Å². The summed E-state index contributed by atoms with van der Waals surface area (Å²) >= 11 is 5.85. The van der Waals surface area contributed by atoms with Crippen LogP contribution in [0.3, 0.4) is 0 Å². The summed E-state index contributed by atoms with van der Waals surface area (Å²) in [7, 11) is 3.79. The van der Waals surface area contributed by atoms with Crippen LogP contribution in [0, 0.1) is 0 Å². The average molecular weight is 605 g/mol. The van der Waals surface area contributed by atoms with Crippen LogP contribution in [0.2, 0.25) is 0 Å². The molecule has 4 heterocycles. The molecular weight excluding hydrogens is 568 g/mol. The van der Waals surface area contributed by atoms with Gasteiger partial charge in [-0.25, -0.2) is 9.78 Å². The summed E-state index contributed by atoms with van der Waals surface area (Å²) in [6.07, 6.45) is 2.42. The van der Waals surface area contributed by atoms with Crippen molar-refractivity contribution in [2.24, 2.45) is 0 Å². The predicted octanol–water partition coefficient (Wildman–Crippen LogP) is 3.76. The number of aromatic nitrogens is 2. The Balaban J connectivity index is 1.28. The minimum Gasteiger partial charge on any atom is -0.494 e. The topological polar surface area (TPSA) is 97.4 Å². The number of alkyl halides is 1. The molecule has 11 nitrogen and oxygen atoms in total. The van der Waals surface area contributed by atoms with Gasteiger partial charge in [0.1, 0.15) is 17.4 Å². The summed E-state index contributed by atoms with van der Waals surface area (Å²) < 4.78 is 5.74. The molecule has 2 aromatic carbocycles. The maximum absolute atomic E-state index is 14.0.